The third kappa shape index (κ3) is 3.50. The molecule has 1 aliphatic heterocycles. The summed E-state index contributed by atoms with van der Waals surface area (Å²) in [6, 6.07) is 5.13. The molecule has 120 valence electrons. The highest BCUT2D eigenvalue weighted by atomic mass is 16.7. The van der Waals surface area contributed by atoms with Crippen LogP contribution in [0.4, 0.5) is 5.69 Å². The summed E-state index contributed by atoms with van der Waals surface area (Å²) < 4.78 is 10.5. The van der Waals surface area contributed by atoms with Gasteiger partial charge in [-0.3, -0.25) is 9.59 Å². The fourth-order valence-electron chi connectivity index (χ4n) is 1.96. The summed E-state index contributed by atoms with van der Waals surface area (Å²) in [6.07, 6.45) is 1.88. The van der Waals surface area contributed by atoms with Gasteiger partial charge in [-0.15, -0.1) is 0 Å². The molecule has 0 fully saturated rings. The molecule has 0 aliphatic carbocycles. The molecule has 0 unspecified atom stereocenters. The quantitative estimate of drug-likeness (QED) is 0.624. The molecular weight excluding hydrogens is 284 g/mol. The van der Waals surface area contributed by atoms with Crippen molar-refractivity contribution >= 4 is 17.5 Å². The Morgan fingerprint density at radius 3 is 2.64 bits per heavy atom. The van der Waals surface area contributed by atoms with E-state index in [-0.39, 0.29) is 18.6 Å². The molecule has 2 N–H and O–H groups in total. The zero-order valence-corrected chi connectivity index (χ0v) is 13.2. The largest absolute Gasteiger partial charge is 0.454 e. The Morgan fingerprint density at radius 2 is 1.91 bits per heavy atom. The van der Waals surface area contributed by atoms with E-state index in [1.807, 2.05) is 6.92 Å². The second-order valence-electron chi connectivity index (χ2n) is 5.76. The minimum absolute atomic E-state index is 0.179. The summed E-state index contributed by atoms with van der Waals surface area (Å²) in [5.74, 6) is 0.595. The first kappa shape index (κ1) is 16.1. The Balaban J connectivity index is 1.99. The standard InChI is InChI=1S/C16H22N2O4/c1-4-5-8-17-14(19)16(2,3)15(20)18-11-6-7-12-13(9-11)22-10-21-12/h6-7,9H,4-5,8,10H2,1-3H3,(H,17,19)(H,18,20). The predicted molar refractivity (Wildman–Crippen MR) is 82.9 cm³/mol. The van der Waals surface area contributed by atoms with Gasteiger partial charge in [-0.1, -0.05) is 13.3 Å². The molecule has 0 saturated heterocycles. The van der Waals surface area contributed by atoms with Crippen molar-refractivity contribution in [1.29, 1.82) is 0 Å². The first-order valence-electron chi connectivity index (χ1n) is 7.44. The highest BCUT2D eigenvalue weighted by Gasteiger charge is 2.36. The molecule has 0 bridgehead atoms. The number of carbonyl (C=O) groups is 2. The molecule has 22 heavy (non-hydrogen) atoms. The van der Waals surface area contributed by atoms with Crippen LogP contribution < -0.4 is 20.1 Å². The van der Waals surface area contributed by atoms with Crippen LogP contribution in [-0.4, -0.2) is 25.2 Å². The Kier molecular flexibility index (Phi) is 4.90. The smallest absolute Gasteiger partial charge is 0.239 e. The molecule has 1 aliphatic rings. The number of nitrogens with one attached hydrogen (secondary N) is 2. The number of anilines is 1. The molecular formula is C16H22N2O4. The van der Waals surface area contributed by atoms with E-state index in [9.17, 15) is 9.59 Å². The van der Waals surface area contributed by atoms with E-state index >= 15 is 0 Å². The van der Waals surface area contributed by atoms with Gasteiger partial charge in [0.2, 0.25) is 18.6 Å². The van der Waals surface area contributed by atoms with Crippen molar-refractivity contribution in [3.8, 4) is 11.5 Å². The van der Waals surface area contributed by atoms with E-state index in [1.165, 1.54) is 0 Å². The Bertz CT molecular complexity index is 569. The highest BCUT2D eigenvalue weighted by molar-refractivity contribution is 6.09. The van der Waals surface area contributed by atoms with E-state index < -0.39 is 5.41 Å². The van der Waals surface area contributed by atoms with E-state index in [2.05, 4.69) is 10.6 Å². The third-order valence-corrected chi connectivity index (χ3v) is 3.58. The van der Waals surface area contributed by atoms with Crippen LogP contribution in [0.5, 0.6) is 11.5 Å². The molecule has 2 amide bonds. The molecule has 1 aromatic rings. The molecule has 1 heterocycles. The Hall–Kier alpha value is -2.24. The topological polar surface area (TPSA) is 76.7 Å². The molecule has 0 saturated carbocycles. The van der Waals surface area contributed by atoms with Gasteiger partial charge in [0.25, 0.3) is 0 Å². The number of hydrogen-bond donors (Lipinski definition) is 2. The van der Waals surface area contributed by atoms with Gasteiger partial charge in [-0.25, -0.2) is 0 Å². The van der Waals surface area contributed by atoms with Gasteiger partial charge < -0.3 is 20.1 Å². The molecule has 0 atom stereocenters. The summed E-state index contributed by atoms with van der Waals surface area (Å²) in [4.78, 5) is 24.5. The number of carbonyl (C=O) groups excluding carboxylic acids is 2. The van der Waals surface area contributed by atoms with Crippen LogP contribution >= 0.6 is 0 Å². The van der Waals surface area contributed by atoms with Crippen molar-refractivity contribution in [2.45, 2.75) is 33.6 Å². The second-order valence-corrected chi connectivity index (χ2v) is 5.76. The van der Waals surface area contributed by atoms with Crippen LogP contribution in [0.1, 0.15) is 33.6 Å². The number of benzene rings is 1. The fraction of sp³-hybridized carbons (Fsp3) is 0.500. The zero-order valence-electron chi connectivity index (χ0n) is 13.2. The molecule has 1 aromatic carbocycles. The van der Waals surface area contributed by atoms with Gasteiger partial charge in [0, 0.05) is 18.3 Å². The lowest BCUT2D eigenvalue weighted by molar-refractivity contribution is -0.138. The molecule has 2 rings (SSSR count). The van der Waals surface area contributed by atoms with E-state index in [1.54, 1.807) is 32.0 Å². The summed E-state index contributed by atoms with van der Waals surface area (Å²) in [6.45, 7) is 6.02. The summed E-state index contributed by atoms with van der Waals surface area (Å²) in [5, 5.41) is 5.54. The second kappa shape index (κ2) is 6.68. The van der Waals surface area contributed by atoms with Crippen LogP contribution in [0, 0.1) is 5.41 Å². The maximum absolute atomic E-state index is 12.4. The number of amides is 2. The monoisotopic (exact) mass is 306 g/mol. The van der Waals surface area contributed by atoms with Gasteiger partial charge in [0.15, 0.2) is 11.5 Å². The number of rotatable bonds is 6. The van der Waals surface area contributed by atoms with E-state index in [0.717, 1.165) is 12.8 Å². The Labute approximate surface area is 130 Å². The molecule has 6 heteroatoms. The van der Waals surface area contributed by atoms with Crippen LogP contribution in [0.2, 0.25) is 0 Å². The number of hydrogen-bond acceptors (Lipinski definition) is 4. The number of unbranched alkanes of at least 4 members (excludes halogenated alkanes) is 1. The molecule has 6 nitrogen and oxygen atoms in total. The first-order valence-corrected chi connectivity index (χ1v) is 7.44. The van der Waals surface area contributed by atoms with Gasteiger partial charge in [-0.05, 0) is 32.4 Å². The van der Waals surface area contributed by atoms with E-state index in [4.69, 9.17) is 9.47 Å². The number of ether oxygens (including phenoxy) is 2. The van der Waals surface area contributed by atoms with Gasteiger partial charge in [0.05, 0.1) is 0 Å². The average Bonchev–Trinajstić information content (AvgIpc) is 2.94. The summed E-state index contributed by atoms with van der Waals surface area (Å²) in [7, 11) is 0. The minimum Gasteiger partial charge on any atom is -0.454 e. The van der Waals surface area contributed by atoms with Crippen LogP contribution in [0.15, 0.2) is 18.2 Å². The van der Waals surface area contributed by atoms with Crippen LogP contribution in [-0.2, 0) is 9.59 Å². The first-order chi connectivity index (χ1) is 10.4. The summed E-state index contributed by atoms with van der Waals surface area (Å²) >= 11 is 0. The SMILES string of the molecule is CCCCNC(=O)C(C)(C)C(=O)Nc1ccc2c(c1)OCO2. The van der Waals surface area contributed by atoms with Crippen molar-refractivity contribution in [2.75, 3.05) is 18.7 Å². The maximum atomic E-state index is 12.4. The van der Waals surface area contributed by atoms with Gasteiger partial charge >= 0.3 is 0 Å². The summed E-state index contributed by atoms with van der Waals surface area (Å²) in [5.41, 5.74) is -0.576. The highest BCUT2D eigenvalue weighted by Crippen LogP contribution is 2.34. The van der Waals surface area contributed by atoms with Crippen LogP contribution in [0.25, 0.3) is 0 Å². The molecule has 0 radical (unpaired) electrons. The fourth-order valence-corrected chi connectivity index (χ4v) is 1.96. The lowest BCUT2D eigenvalue weighted by Crippen LogP contribution is -2.45. The number of fused-ring (bicyclic) bond motifs is 1. The van der Waals surface area contributed by atoms with Crippen molar-refractivity contribution in [3.05, 3.63) is 18.2 Å². The van der Waals surface area contributed by atoms with Crippen molar-refractivity contribution < 1.29 is 19.1 Å². The lowest BCUT2D eigenvalue weighted by atomic mass is 9.91. The molecule has 0 spiro atoms. The average molecular weight is 306 g/mol. The van der Waals surface area contributed by atoms with Crippen molar-refractivity contribution in [3.63, 3.8) is 0 Å². The van der Waals surface area contributed by atoms with Gasteiger partial charge in [0.1, 0.15) is 5.41 Å². The predicted octanol–water partition coefficient (Wildman–Crippen LogP) is 2.30. The maximum Gasteiger partial charge on any atom is 0.239 e. The van der Waals surface area contributed by atoms with E-state index in [0.29, 0.717) is 23.7 Å². The normalized spacial score (nSPS) is 12.9. The minimum atomic E-state index is -1.15. The Morgan fingerprint density at radius 1 is 1.18 bits per heavy atom. The lowest BCUT2D eigenvalue weighted by Gasteiger charge is -2.22. The van der Waals surface area contributed by atoms with Crippen molar-refractivity contribution in [2.24, 2.45) is 5.41 Å². The van der Waals surface area contributed by atoms with Crippen molar-refractivity contribution in [1.82, 2.24) is 5.32 Å². The zero-order chi connectivity index (χ0) is 16.2. The third-order valence-electron chi connectivity index (χ3n) is 3.58. The van der Waals surface area contributed by atoms with Gasteiger partial charge in [-0.2, -0.15) is 0 Å². The van der Waals surface area contributed by atoms with Crippen LogP contribution in [0.3, 0.4) is 0 Å². The molecule has 0 aromatic heterocycles.